The molecule has 20 heavy (non-hydrogen) atoms. The molecule has 1 aliphatic heterocycles. The Hall–Kier alpha value is -0.860. The number of hydrogen-bond acceptors (Lipinski definition) is 2. The van der Waals surface area contributed by atoms with Crippen molar-refractivity contribution in [3.8, 4) is 0 Å². The third-order valence-electron chi connectivity index (χ3n) is 5.70. The average molecular weight is 273 g/mol. The van der Waals surface area contributed by atoms with Crippen LogP contribution in [0.3, 0.4) is 0 Å². The second-order valence-electron chi connectivity index (χ2n) is 6.84. The number of benzene rings is 1. The molecule has 2 unspecified atom stereocenters. The SMILES string of the molecule is CC(C(O)c1ccccc1)N1CCC2(CCCC2)CC1. The maximum atomic E-state index is 10.6. The number of nitrogens with zero attached hydrogens (tertiary/aromatic N) is 1. The van der Waals surface area contributed by atoms with Gasteiger partial charge in [0.05, 0.1) is 6.10 Å². The summed E-state index contributed by atoms with van der Waals surface area (Å²) in [7, 11) is 0. The van der Waals surface area contributed by atoms with Crippen LogP contribution in [0.25, 0.3) is 0 Å². The summed E-state index contributed by atoms with van der Waals surface area (Å²) >= 11 is 0. The van der Waals surface area contributed by atoms with Crippen molar-refractivity contribution in [1.82, 2.24) is 4.90 Å². The predicted molar refractivity (Wildman–Crippen MR) is 82.6 cm³/mol. The molecule has 2 atom stereocenters. The summed E-state index contributed by atoms with van der Waals surface area (Å²) in [5.74, 6) is 0. The molecule has 2 fully saturated rings. The highest BCUT2D eigenvalue weighted by Gasteiger charge is 2.38. The van der Waals surface area contributed by atoms with Crippen LogP contribution in [-0.4, -0.2) is 29.1 Å². The third-order valence-corrected chi connectivity index (χ3v) is 5.70. The first kappa shape index (κ1) is 14.1. The first-order valence-electron chi connectivity index (χ1n) is 8.17. The molecule has 3 rings (SSSR count). The quantitative estimate of drug-likeness (QED) is 0.906. The summed E-state index contributed by atoms with van der Waals surface area (Å²) in [6.07, 6.45) is 8.04. The van der Waals surface area contributed by atoms with E-state index in [1.165, 1.54) is 38.5 Å². The van der Waals surface area contributed by atoms with Crippen LogP contribution in [0.2, 0.25) is 0 Å². The van der Waals surface area contributed by atoms with E-state index < -0.39 is 0 Å². The fraction of sp³-hybridized carbons (Fsp3) is 0.667. The van der Waals surface area contributed by atoms with E-state index in [1.54, 1.807) is 0 Å². The lowest BCUT2D eigenvalue weighted by Gasteiger charge is -2.43. The predicted octanol–water partition coefficient (Wildman–Crippen LogP) is 3.76. The summed E-state index contributed by atoms with van der Waals surface area (Å²) in [6.45, 7) is 4.49. The molecule has 1 aromatic carbocycles. The minimum absolute atomic E-state index is 0.219. The zero-order chi connectivity index (χ0) is 14.0. The fourth-order valence-corrected chi connectivity index (χ4v) is 4.16. The Morgan fingerprint density at radius 3 is 2.20 bits per heavy atom. The van der Waals surface area contributed by atoms with Gasteiger partial charge in [-0.2, -0.15) is 0 Å². The van der Waals surface area contributed by atoms with Gasteiger partial charge in [-0.25, -0.2) is 0 Å². The van der Waals surface area contributed by atoms with Gasteiger partial charge >= 0.3 is 0 Å². The minimum atomic E-state index is -0.367. The smallest absolute Gasteiger partial charge is 0.0942 e. The normalized spacial score (nSPS) is 25.7. The van der Waals surface area contributed by atoms with Crippen molar-refractivity contribution in [2.45, 2.75) is 57.6 Å². The summed E-state index contributed by atoms with van der Waals surface area (Å²) < 4.78 is 0. The second-order valence-corrected chi connectivity index (χ2v) is 6.84. The number of rotatable bonds is 3. The second kappa shape index (κ2) is 5.87. The van der Waals surface area contributed by atoms with Crippen LogP contribution in [0.5, 0.6) is 0 Å². The highest BCUT2D eigenvalue weighted by Crippen LogP contribution is 2.46. The molecule has 1 saturated heterocycles. The van der Waals surface area contributed by atoms with Crippen LogP contribution < -0.4 is 0 Å². The molecule has 2 heteroatoms. The molecule has 2 aliphatic rings. The van der Waals surface area contributed by atoms with Gasteiger partial charge in [0.1, 0.15) is 0 Å². The summed E-state index contributed by atoms with van der Waals surface area (Å²) in [6, 6.07) is 10.3. The van der Waals surface area contributed by atoms with E-state index in [-0.39, 0.29) is 12.1 Å². The number of piperidine rings is 1. The molecule has 1 N–H and O–H groups in total. The van der Waals surface area contributed by atoms with Gasteiger partial charge in [0.2, 0.25) is 0 Å². The Labute approximate surface area is 122 Å². The van der Waals surface area contributed by atoms with Crippen LogP contribution >= 0.6 is 0 Å². The third kappa shape index (κ3) is 2.77. The number of likely N-dealkylation sites (tertiary alicyclic amines) is 1. The number of aliphatic hydroxyl groups excluding tert-OH is 1. The highest BCUT2D eigenvalue weighted by atomic mass is 16.3. The van der Waals surface area contributed by atoms with E-state index >= 15 is 0 Å². The number of hydrogen-bond donors (Lipinski definition) is 1. The lowest BCUT2D eigenvalue weighted by atomic mass is 9.76. The van der Waals surface area contributed by atoms with Crippen LogP contribution in [0.1, 0.15) is 57.1 Å². The van der Waals surface area contributed by atoms with Gasteiger partial charge in [0, 0.05) is 6.04 Å². The Balaban J connectivity index is 1.60. The molecule has 1 aromatic rings. The van der Waals surface area contributed by atoms with Crippen LogP contribution in [-0.2, 0) is 0 Å². The first-order chi connectivity index (χ1) is 9.70. The van der Waals surface area contributed by atoms with E-state index in [2.05, 4.69) is 11.8 Å². The molecule has 2 nitrogen and oxygen atoms in total. The van der Waals surface area contributed by atoms with Crippen LogP contribution in [0.15, 0.2) is 30.3 Å². The maximum Gasteiger partial charge on any atom is 0.0942 e. The first-order valence-corrected chi connectivity index (χ1v) is 8.17. The van der Waals surface area contributed by atoms with E-state index in [0.29, 0.717) is 5.41 Å². The average Bonchev–Trinajstić information content (AvgIpc) is 2.96. The van der Waals surface area contributed by atoms with Gasteiger partial charge in [-0.1, -0.05) is 43.2 Å². The van der Waals surface area contributed by atoms with Gasteiger partial charge < -0.3 is 5.11 Å². The Morgan fingerprint density at radius 1 is 1.00 bits per heavy atom. The molecule has 0 amide bonds. The largest absolute Gasteiger partial charge is 0.387 e. The fourth-order valence-electron chi connectivity index (χ4n) is 4.16. The standard InChI is InChI=1S/C18H27NO/c1-15(17(20)16-7-3-2-4-8-16)19-13-11-18(12-14-19)9-5-6-10-18/h2-4,7-8,15,17,20H,5-6,9-14H2,1H3. The van der Waals surface area contributed by atoms with Gasteiger partial charge in [-0.3, -0.25) is 4.90 Å². The van der Waals surface area contributed by atoms with E-state index in [9.17, 15) is 5.11 Å². The lowest BCUT2D eigenvalue weighted by Crippen LogP contribution is -2.45. The molecular formula is C18H27NO. The molecule has 1 heterocycles. The van der Waals surface area contributed by atoms with E-state index in [0.717, 1.165) is 18.7 Å². The Morgan fingerprint density at radius 2 is 1.60 bits per heavy atom. The van der Waals surface area contributed by atoms with Crippen molar-refractivity contribution >= 4 is 0 Å². The molecule has 0 bridgehead atoms. The zero-order valence-corrected chi connectivity index (χ0v) is 12.6. The Kier molecular flexibility index (Phi) is 4.13. The van der Waals surface area contributed by atoms with E-state index in [1.807, 2.05) is 30.3 Å². The summed E-state index contributed by atoms with van der Waals surface area (Å²) in [4.78, 5) is 2.49. The van der Waals surface area contributed by atoms with Crippen LogP contribution in [0.4, 0.5) is 0 Å². The topological polar surface area (TPSA) is 23.5 Å². The zero-order valence-electron chi connectivity index (χ0n) is 12.6. The Bertz CT molecular complexity index is 414. The summed E-state index contributed by atoms with van der Waals surface area (Å²) in [5.41, 5.74) is 1.70. The van der Waals surface area contributed by atoms with E-state index in [4.69, 9.17) is 0 Å². The van der Waals surface area contributed by atoms with Crippen molar-refractivity contribution < 1.29 is 5.11 Å². The molecule has 110 valence electrons. The lowest BCUT2D eigenvalue weighted by molar-refractivity contribution is 0.0163. The highest BCUT2D eigenvalue weighted by molar-refractivity contribution is 5.18. The molecule has 1 spiro atoms. The molecule has 1 saturated carbocycles. The van der Waals surface area contributed by atoms with Crippen molar-refractivity contribution in [1.29, 1.82) is 0 Å². The van der Waals surface area contributed by atoms with Crippen LogP contribution in [0, 0.1) is 5.41 Å². The van der Waals surface area contributed by atoms with Crippen molar-refractivity contribution in [2.24, 2.45) is 5.41 Å². The van der Waals surface area contributed by atoms with Gasteiger partial charge in [0.15, 0.2) is 0 Å². The van der Waals surface area contributed by atoms with Crippen molar-refractivity contribution in [3.63, 3.8) is 0 Å². The molecule has 1 aliphatic carbocycles. The molecule has 0 radical (unpaired) electrons. The maximum absolute atomic E-state index is 10.6. The van der Waals surface area contributed by atoms with Gasteiger partial charge in [-0.15, -0.1) is 0 Å². The molecule has 0 aromatic heterocycles. The summed E-state index contributed by atoms with van der Waals surface area (Å²) in [5, 5.41) is 10.6. The van der Waals surface area contributed by atoms with Gasteiger partial charge in [-0.05, 0) is 56.7 Å². The number of aliphatic hydroxyl groups is 1. The van der Waals surface area contributed by atoms with Crippen molar-refractivity contribution in [2.75, 3.05) is 13.1 Å². The van der Waals surface area contributed by atoms with Crippen molar-refractivity contribution in [3.05, 3.63) is 35.9 Å². The molecular weight excluding hydrogens is 246 g/mol. The minimum Gasteiger partial charge on any atom is -0.387 e. The van der Waals surface area contributed by atoms with Gasteiger partial charge in [0.25, 0.3) is 0 Å². The monoisotopic (exact) mass is 273 g/mol.